The van der Waals surface area contributed by atoms with Crippen LogP contribution in [-0.2, 0) is 21.5 Å². The summed E-state index contributed by atoms with van der Waals surface area (Å²) >= 11 is 1.62. The van der Waals surface area contributed by atoms with Crippen molar-refractivity contribution in [3.05, 3.63) is 21.4 Å². The highest BCUT2D eigenvalue weighted by Gasteiger charge is 2.41. The number of piperidine rings is 1. The van der Waals surface area contributed by atoms with Gasteiger partial charge in [0.1, 0.15) is 0 Å². The minimum Gasteiger partial charge on any atom is -0.394 e. The molecule has 1 aromatic rings. The third-order valence-electron chi connectivity index (χ3n) is 5.45. The number of ether oxygens (including phenoxy) is 2. The maximum atomic E-state index is 13.0. The summed E-state index contributed by atoms with van der Waals surface area (Å²) in [4.78, 5) is 17.0. The molecule has 146 valence electrons. The highest BCUT2D eigenvalue weighted by atomic mass is 35.5. The number of carbonyl (C=O) groups is 1. The minimum atomic E-state index is -0.290. The molecule has 0 aromatic carbocycles. The quantitative estimate of drug-likeness (QED) is 0.785. The predicted octanol–water partition coefficient (Wildman–Crippen LogP) is 1.54. The van der Waals surface area contributed by atoms with E-state index in [-0.39, 0.29) is 42.7 Å². The molecule has 6 nitrogen and oxygen atoms in total. The molecule has 2 atom stereocenters. The van der Waals surface area contributed by atoms with Crippen molar-refractivity contribution in [1.29, 1.82) is 0 Å². The van der Waals surface area contributed by atoms with Crippen LogP contribution in [0.2, 0.25) is 0 Å². The molecule has 8 heteroatoms. The molecule has 2 saturated heterocycles. The SMILES string of the molecule is C[C@H]1CN(C(=O)c2cc3c(s2)CCOC32CCNCC2)C[C@@H](CO)O1.Cl. The zero-order valence-corrected chi connectivity index (χ0v) is 16.7. The highest BCUT2D eigenvalue weighted by Crippen LogP contribution is 2.43. The maximum absolute atomic E-state index is 13.0. The first-order chi connectivity index (χ1) is 12.1. The summed E-state index contributed by atoms with van der Waals surface area (Å²) in [6, 6.07) is 2.07. The number of hydrogen-bond acceptors (Lipinski definition) is 6. The van der Waals surface area contributed by atoms with E-state index in [1.807, 2.05) is 11.8 Å². The summed E-state index contributed by atoms with van der Waals surface area (Å²) in [6.45, 7) is 5.56. The van der Waals surface area contributed by atoms with Gasteiger partial charge in [-0.15, -0.1) is 23.7 Å². The summed E-state index contributed by atoms with van der Waals surface area (Å²) < 4.78 is 11.9. The largest absolute Gasteiger partial charge is 0.394 e. The molecular formula is C18H27ClN2O4S. The first-order valence-corrected chi connectivity index (χ1v) is 9.96. The molecular weight excluding hydrogens is 376 g/mol. The summed E-state index contributed by atoms with van der Waals surface area (Å²) in [6.07, 6.45) is 2.48. The van der Waals surface area contributed by atoms with Crippen molar-refractivity contribution in [2.45, 2.75) is 44.0 Å². The van der Waals surface area contributed by atoms with Gasteiger partial charge >= 0.3 is 0 Å². The number of rotatable bonds is 2. The van der Waals surface area contributed by atoms with Crippen LogP contribution in [-0.4, -0.2) is 67.5 Å². The van der Waals surface area contributed by atoms with Crippen molar-refractivity contribution in [3.8, 4) is 0 Å². The van der Waals surface area contributed by atoms with Gasteiger partial charge in [0, 0.05) is 24.4 Å². The Bertz CT molecular complexity index is 647. The van der Waals surface area contributed by atoms with Gasteiger partial charge in [-0.3, -0.25) is 4.79 Å². The molecule has 2 N–H and O–H groups in total. The van der Waals surface area contributed by atoms with E-state index in [1.54, 1.807) is 11.3 Å². The van der Waals surface area contributed by atoms with E-state index in [1.165, 1.54) is 10.4 Å². The second-order valence-corrected chi connectivity index (χ2v) is 8.39. The number of morpholine rings is 1. The number of thiophene rings is 1. The number of aliphatic hydroxyl groups is 1. The van der Waals surface area contributed by atoms with Gasteiger partial charge in [0.05, 0.1) is 35.9 Å². The topological polar surface area (TPSA) is 71.0 Å². The van der Waals surface area contributed by atoms with Crippen molar-refractivity contribution < 1.29 is 19.4 Å². The number of hydrogen-bond donors (Lipinski definition) is 2. The fraction of sp³-hybridized carbons (Fsp3) is 0.722. The number of nitrogens with zero attached hydrogens (tertiary/aromatic N) is 1. The average Bonchev–Trinajstić information content (AvgIpc) is 3.07. The number of fused-ring (bicyclic) bond motifs is 2. The van der Waals surface area contributed by atoms with Crippen LogP contribution < -0.4 is 5.32 Å². The highest BCUT2D eigenvalue weighted by molar-refractivity contribution is 7.14. The second-order valence-electron chi connectivity index (χ2n) is 7.25. The van der Waals surface area contributed by atoms with Gasteiger partial charge in [-0.05, 0) is 44.5 Å². The van der Waals surface area contributed by atoms with E-state index < -0.39 is 0 Å². The van der Waals surface area contributed by atoms with Crippen LogP contribution >= 0.6 is 23.7 Å². The summed E-state index contributed by atoms with van der Waals surface area (Å²) in [5.74, 6) is 0.0529. The number of amides is 1. The van der Waals surface area contributed by atoms with Gasteiger partial charge in [-0.2, -0.15) is 0 Å². The molecule has 0 bridgehead atoms. The molecule has 1 spiro atoms. The Labute approximate surface area is 164 Å². The predicted molar refractivity (Wildman–Crippen MR) is 102 cm³/mol. The summed E-state index contributed by atoms with van der Waals surface area (Å²) in [5, 5.41) is 12.8. The molecule has 1 amide bonds. The van der Waals surface area contributed by atoms with Crippen LogP contribution in [0.5, 0.6) is 0 Å². The number of aliphatic hydroxyl groups excluding tert-OH is 1. The van der Waals surface area contributed by atoms with Crippen LogP contribution in [0.25, 0.3) is 0 Å². The Kier molecular flexibility index (Phi) is 6.26. The lowest BCUT2D eigenvalue weighted by Gasteiger charge is -2.40. The Morgan fingerprint density at radius 3 is 2.92 bits per heavy atom. The Balaban J connectivity index is 0.00000196. The zero-order valence-electron chi connectivity index (χ0n) is 15.0. The van der Waals surface area contributed by atoms with Crippen LogP contribution in [0.3, 0.4) is 0 Å². The van der Waals surface area contributed by atoms with E-state index in [4.69, 9.17) is 9.47 Å². The molecule has 4 heterocycles. The maximum Gasteiger partial charge on any atom is 0.264 e. The molecule has 3 aliphatic heterocycles. The van der Waals surface area contributed by atoms with Gasteiger partial charge < -0.3 is 24.8 Å². The van der Waals surface area contributed by atoms with Crippen molar-refractivity contribution >= 4 is 29.7 Å². The third-order valence-corrected chi connectivity index (χ3v) is 6.63. The Hall–Kier alpha value is -0.700. The normalized spacial score (nSPS) is 27.7. The van der Waals surface area contributed by atoms with Gasteiger partial charge in [-0.1, -0.05) is 0 Å². The van der Waals surface area contributed by atoms with E-state index >= 15 is 0 Å². The van der Waals surface area contributed by atoms with E-state index in [9.17, 15) is 9.90 Å². The lowest BCUT2D eigenvalue weighted by atomic mass is 9.83. The summed E-state index contributed by atoms with van der Waals surface area (Å²) in [7, 11) is 0. The molecule has 2 fully saturated rings. The monoisotopic (exact) mass is 402 g/mol. The standard InChI is InChI=1S/C18H26N2O4S.ClH/c1-12-9-20(10-13(11-21)24-12)17(22)16-8-14-15(25-16)2-7-23-18(14)3-5-19-6-4-18;/h8,12-13,19,21H,2-7,9-11H2,1H3;1H/t12-,13-;/m0./s1. The Morgan fingerprint density at radius 1 is 1.42 bits per heavy atom. The average molecular weight is 403 g/mol. The van der Waals surface area contributed by atoms with Crippen molar-refractivity contribution in [1.82, 2.24) is 10.2 Å². The minimum absolute atomic E-state index is 0. The van der Waals surface area contributed by atoms with Crippen molar-refractivity contribution in [2.24, 2.45) is 0 Å². The fourth-order valence-electron chi connectivity index (χ4n) is 4.23. The Morgan fingerprint density at radius 2 is 2.19 bits per heavy atom. The van der Waals surface area contributed by atoms with E-state index in [2.05, 4.69) is 11.4 Å². The lowest BCUT2D eigenvalue weighted by molar-refractivity contribution is -0.0858. The van der Waals surface area contributed by atoms with Crippen LogP contribution in [0.15, 0.2) is 6.07 Å². The fourth-order valence-corrected chi connectivity index (χ4v) is 5.43. The van der Waals surface area contributed by atoms with Crippen molar-refractivity contribution in [3.63, 3.8) is 0 Å². The van der Waals surface area contributed by atoms with E-state index in [0.717, 1.165) is 43.8 Å². The molecule has 0 saturated carbocycles. The number of carbonyl (C=O) groups excluding carboxylic acids is 1. The van der Waals surface area contributed by atoms with Gasteiger partial charge in [0.2, 0.25) is 0 Å². The summed E-state index contributed by atoms with van der Waals surface area (Å²) in [5.41, 5.74) is 1.02. The molecule has 0 aliphatic carbocycles. The smallest absolute Gasteiger partial charge is 0.264 e. The second kappa shape index (κ2) is 8.12. The molecule has 0 radical (unpaired) electrons. The molecule has 4 rings (SSSR count). The third kappa shape index (κ3) is 3.66. The molecule has 0 unspecified atom stereocenters. The van der Waals surface area contributed by atoms with Crippen LogP contribution in [0.1, 0.15) is 39.9 Å². The molecule has 26 heavy (non-hydrogen) atoms. The van der Waals surface area contributed by atoms with Crippen LogP contribution in [0, 0.1) is 0 Å². The lowest BCUT2D eigenvalue weighted by Crippen LogP contribution is -2.50. The van der Waals surface area contributed by atoms with Crippen LogP contribution in [0.4, 0.5) is 0 Å². The zero-order chi connectivity index (χ0) is 17.4. The number of nitrogens with one attached hydrogen (secondary N) is 1. The first-order valence-electron chi connectivity index (χ1n) is 9.15. The van der Waals surface area contributed by atoms with Crippen molar-refractivity contribution in [2.75, 3.05) is 39.4 Å². The molecule has 3 aliphatic rings. The van der Waals surface area contributed by atoms with Gasteiger partial charge in [0.25, 0.3) is 5.91 Å². The molecule has 1 aromatic heterocycles. The van der Waals surface area contributed by atoms with Gasteiger partial charge in [0.15, 0.2) is 0 Å². The van der Waals surface area contributed by atoms with Gasteiger partial charge in [-0.25, -0.2) is 0 Å². The van der Waals surface area contributed by atoms with E-state index in [0.29, 0.717) is 13.1 Å². The number of halogens is 1. The first kappa shape index (κ1) is 20.0.